The van der Waals surface area contributed by atoms with Crippen LogP contribution in [0.25, 0.3) is 0 Å². The van der Waals surface area contributed by atoms with Crippen molar-refractivity contribution in [2.24, 2.45) is 35.0 Å². The molecule has 7 heteroatoms. The number of aliphatic hydroxyl groups is 1. The third-order valence-electron chi connectivity index (χ3n) is 8.05. The number of Topliss-reactive ketones (excluding diaryl/α,β-unsaturated/α-hetero) is 1. The number of amides is 1. The topological polar surface area (TPSA) is 94.1 Å². The summed E-state index contributed by atoms with van der Waals surface area (Å²) in [6.07, 6.45) is 2.32. The Balaban J connectivity index is 2.87. The van der Waals surface area contributed by atoms with Gasteiger partial charge in [-0.3, -0.25) is 9.59 Å². The number of carbonyl (C=O) groups is 2. The third kappa shape index (κ3) is 11.9. The van der Waals surface area contributed by atoms with Crippen LogP contribution in [0.5, 0.6) is 11.5 Å². The average molecular weight is 550 g/mol. The minimum Gasteiger partial charge on any atom is -0.493 e. The number of rotatable bonds is 19. The quantitative estimate of drug-likeness (QED) is 0.215. The lowest BCUT2D eigenvalue weighted by Crippen LogP contribution is -2.43. The van der Waals surface area contributed by atoms with E-state index in [0.717, 1.165) is 25.0 Å². The number of benzene rings is 1. The Labute approximate surface area is 237 Å². The highest BCUT2D eigenvalue weighted by Crippen LogP contribution is 2.33. The van der Waals surface area contributed by atoms with Crippen LogP contribution in [0.3, 0.4) is 0 Å². The number of carbonyl (C=O) groups excluding carboxylic acids is 2. The van der Waals surface area contributed by atoms with Gasteiger partial charge < -0.3 is 24.6 Å². The summed E-state index contributed by atoms with van der Waals surface area (Å²) in [4.78, 5) is 24.9. The van der Waals surface area contributed by atoms with Gasteiger partial charge in [0.2, 0.25) is 5.91 Å². The van der Waals surface area contributed by atoms with E-state index in [0.29, 0.717) is 43.8 Å². The molecule has 0 heterocycles. The van der Waals surface area contributed by atoms with E-state index < -0.39 is 11.5 Å². The van der Waals surface area contributed by atoms with Crippen molar-refractivity contribution in [2.75, 3.05) is 34.0 Å². The fraction of sp³-hybridized carbons (Fsp3) is 0.750. The van der Waals surface area contributed by atoms with Crippen molar-refractivity contribution in [3.63, 3.8) is 0 Å². The summed E-state index contributed by atoms with van der Waals surface area (Å²) in [6.45, 7) is 17.2. The molecule has 4 atom stereocenters. The van der Waals surface area contributed by atoms with E-state index in [1.54, 1.807) is 21.1 Å². The Hall–Kier alpha value is -2.12. The van der Waals surface area contributed by atoms with E-state index in [4.69, 9.17) is 14.2 Å². The van der Waals surface area contributed by atoms with Crippen molar-refractivity contribution in [1.82, 2.24) is 5.32 Å². The molecule has 0 aliphatic rings. The molecule has 0 radical (unpaired) electrons. The van der Waals surface area contributed by atoms with E-state index in [9.17, 15) is 14.7 Å². The molecule has 2 N–H and O–H groups in total. The maximum absolute atomic E-state index is 13.0. The van der Waals surface area contributed by atoms with E-state index in [2.05, 4.69) is 38.2 Å². The first kappa shape index (κ1) is 34.9. The van der Waals surface area contributed by atoms with Gasteiger partial charge in [0, 0.05) is 38.0 Å². The molecule has 0 saturated carbocycles. The molecule has 224 valence electrons. The summed E-state index contributed by atoms with van der Waals surface area (Å²) < 4.78 is 16.6. The van der Waals surface area contributed by atoms with Crippen molar-refractivity contribution in [1.29, 1.82) is 0 Å². The Morgan fingerprint density at radius 3 is 2.18 bits per heavy atom. The summed E-state index contributed by atoms with van der Waals surface area (Å²) in [5.74, 6) is 1.96. The van der Waals surface area contributed by atoms with Gasteiger partial charge in [0.1, 0.15) is 5.78 Å². The first-order valence-corrected chi connectivity index (χ1v) is 14.5. The second kappa shape index (κ2) is 16.9. The number of ether oxygens (including phenoxy) is 3. The highest BCUT2D eigenvalue weighted by Gasteiger charge is 2.31. The normalized spacial score (nSPS) is 15.1. The van der Waals surface area contributed by atoms with Gasteiger partial charge in [-0.25, -0.2) is 0 Å². The lowest BCUT2D eigenvalue weighted by atomic mass is 9.78. The van der Waals surface area contributed by atoms with Crippen molar-refractivity contribution in [2.45, 2.75) is 87.2 Å². The molecule has 0 aliphatic heterocycles. The first-order valence-electron chi connectivity index (χ1n) is 14.5. The van der Waals surface area contributed by atoms with Crippen molar-refractivity contribution in [3.05, 3.63) is 23.8 Å². The van der Waals surface area contributed by atoms with Gasteiger partial charge >= 0.3 is 0 Å². The summed E-state index contributed by atoms with van der Waals surface area (Å²) >= 11 is 0. The number of hydrogen-bond acceptors (Lipinski definition) is 6. The molecule has 1 aromatic rings. The molecule has 39 heavy (non-hydrogen) atoms. The second-order valence-corrected chi connectivity index (χ2v) is 12.4. The zero-order chi connectivity index (χ0) is 29.8. The summed E-state index contributed by atoms with van der Waals surface area (Å²) in [5.41, 5.74) is 0.564. The number of methoxy groups -OCH3 is 2. The predicted octanol–water partition coefficient (Wildman–Crippen LogP) is 5.71. The van der Waals surface area contributed by atoms with Crippen molar-refractivity contribution >= 4 is 11.7 Å². The van der Waals surface area contributed by atoms with Crippen LogP contribution in [-0.2, 0) is 20.7 Å². The van der Waals surface area contributed by atoms with Crippen molar-refractivity contribution < 1.29 is 28.9 Å². The van der Waals surface area contributed by atoms with E-state index in [-0.39, 0.29) is 29.4 Å². The number of hydrogen-bond donors (Lipinski definition) is 2. The average Bonchev–Trinajstić information content (AvgIpc) is 2.87. The van der Waals surface area contributed by atoms with Crippen LogP contribution in [0.4, 0.5) is 0 Å². The molecular weight excluding hydrogens is 494 g/mol. The van der Waals surface area contributed by atoms with E-state index in [1.807, 2.05) is 33.8 Å². The minimum atomic E-state index is -0.607. The molecular formula is C32H55NO6. The van der Waals surface area contributed by atoms with Crippen LogP contribution in [0.15, 0.2) is 18.2 Å². The maximum atomic E-state index is 13.0. The Kier molecular flexibility index (Phi) is 15.1. The molecule has 7 nitrogen and oxygen atoms in total. The molecule has 0 bridgehead atoms. The molecule has 1 rings (SSSR count). The molecule has 0 aliphatic carbocycles. The number of ketones is 1. The monoisotopic (exact) mass is 549 g/mol. The third-order valence-corrected chi connectivity index (χ3v) is 8.05. The van der Waals surface area contributed by atoms with E-state index in [1.165, 1.54) is 5.56 Å². The maximum Gasteiger partial charge on any atom is 0.223 e. The zero-order valence-corrected chi connectivity index (χ0v) is 26.1. The van der Waals surface area contributed by atoms with Gasteiger partial charge in [-0.05, 0) is 67.6 Å². The highest BCUT2D eigenvalue weighted by atomic mass is 16.5. The van der Waals surface area contributed by atoms with Gasteiger partial charge in [-0.1, -0.05) is 54.5 Å². The van der Waals surface area contributed by atoms with Crippen LogP contribution in [0, 0.1) is 35.0 Å². The van der Waals surface area contributed by atoms with Crippen LogP contribution >= 0.6 is 0 Å². The first-order chi connectivity index (χ1) is 18.2. The van der Waals surface area contributed by atoms with Crippen LogP contribution in [-0.4, -0.2) is 56.9 Å². The van der Waals surface area contributed by atoms with E-state index >= 15 is 0 Å². The van der Waals surface area contributed by atoms with Gasteiger partial charge in [0.15, 0.2) is 11.5 Å². The Bertz CT molecular complexity index is 881. The highest BCUT2D eigenvalue weighted by molar-refractivity contribution is 5.83. The minimum absolute atomic E-state index is 0.0307. The van der Waals surface area contributed by atoms with Gasteiger partial charge in [0.05, 0.1) is 19.8 Å². The molecule has 1 aromatic carbocycles. The molecule has 0 spiro atoms. The Morgan fingerprint density at radius 2 is 1.64 bits per heavy atom. The summed E-state index contributed by atoms with van der Waals surface area (Å²) in [7, 11) is 3.33. The largest absolute Gasteiger partial charge is 0.493 e. The molecule has 0 fully saturated rings. The van der Waals surface area contributed by atoms with Crippen molar-refractivity contribution in [3.8, 4) is 11.5 Å². The van der Waals surface area contributed by atoms with Gasteiger partial charge in [0.25, 0.3) is 0 Å². The lowest BCUT2D eigenvalue weighted by molar-refractivity contribution is -0.129. The smallest absolute Gasteiger partial charge is 0.223 e. The van der Waals surface area contributed by atoms with Crippen LogP contribution in [0.2, 0.25) is 0 Å². The second-order valence-electron chi connectivity index (χ2n) is 12.4. The Morgan fingerprint density at radius 1 is 0.974 bits per heavy atom. The van der Waals surface area contributed by atoms with Crippen LogP contribution < -0.4 is 14.8 Å². The lowest BCUT2D eigenvalue weighted by Gasteiger charge is -2.31. The number of nitrogens with one attached hydrogen (secondary N) is 1. The SMILES string of the molecule is COCCCOc1cc(C[C@@H](C[C@H](C)[C@@H](O)CC(C(=O)NCC(C)(C)C(C)=O)C(C)C)C(C)C)ccc1OC. The fourth-order valence-corrected chi connectivity index (χ4v) is 4.61. The predicted molar refractivity (Wildman–Crippen MR) is 157 cm³/mol. The molecule has 1 unspecified atom stereocenters. The standard InChI is InChI=1S/C32H55NO6/c1-21(2)26(17-25-12-13-29(38-10)30(18-25)39-15-11-14-37-9)16-23(5)28(35)19-27(22(3)4)31(36)33-20-32(7,8)24(6)34/h12-13,18,21-23,26-28,35H,11,14-17,19-20H2,1-10H3,(H,33,36)/t23-,26+,27?,28-/m0/s1. The molecule has 0 saturated heterocycles. The summed E-state index contributed by atoms with van der Waals surface area (Å²) in [5, 5.41) is 14.1. The zero-order valence-electron chi connectivity index (χ0n) is 26.1. The summed E-state index contributed by atoms with van der Waals surface area (Å²) in [6, 6.07) is 6.10. The van der Waals surface area contributed by atoms with Gasteiger partial charge in [-0.15, -0.1) is 0 Å². The number of aliphatic hydroxyl groups excluding tert-OH is 1. The fourth-order valence-electron chi connectivity index (χ4n) is 4.61. The molecule has 0 aromatic heterocycles. The van der Waals surface area contributed by atoms with Crippen LogP contribution in [0.1, 0.15) is 80.2 Å². The van der Waals surface area contributed by atoms with Gasteiger partial charge in [-0.2, -0.15) is 0 Å². The molecule has 1 amide bonds.